The van der Waals surface area contributed by atoms with Crippen molar-refractivity contribution in [2.45, 2.75) is 43.9 Å². The van der Waals surface area contributed by atoms with E-state index in [4.69, 9.17) is 0 Å². The first kappa shape index (κ1) is 18.7. The zero-order valence-corrected chi connectivity index (χ0v) is 15.5. The molecule has 0 saturated heterocycles. The molecule has 2 aromatic rings. The maximum atomic E-state index is 11.0. The van der Waals surface area contributed by atoms with Gasteiger partial charge in [0.2, 0.25) is 0 Å². The zero-order valence-electron chi connectivity index (χ0n) is 13.7. The van der Waals surface area contributed by atoms with E-state index in [1.54, 1.807) is 0 Å². The van der Waals surface area contributed by atoms with Gasteiger partial charge in [0, 0.05) is 18.2 Å². The highest BCUT2D eigenvalue weighted by atomic mass is 79.9. The van der Waals surface area contributed by atoms with Crippen LogP contribution in [0.1, 0.15) is 36.8 Å². The van der Waals surface area contributed by atoms with E-state index < -0.39 is 5.60 Å². The molecule has 2 atom stereocenters. The molecule has 2 aromatic carbocycles. The predicted octanol–water partition coefficient (Wildman–Crippen LogP) is 4.08. The highest BCUT2D eigenvalue weighted by molar-refractivity contribution is 8.93. The van der Waals surface area contributed by atoms with E-state index in [0.717, 1.165) is 37.8 Å². The van der Waals surface area contributed by atoms with E-state index >= 15 is 0 Å². The highest BCUT2D eigenvalue weighted by Crippen LogP contribution is 2.28. The highest BCUT2D eigenvalue weighted by Gasteiger charge is 2.37. The molecule has 0 bridgehead atoms. The maximum absolute atomic E-state index is 11.0. The van der Waals surface area contributed by atoms with Crippen LogP contribution in [-0.4, -0.2) is 16.7 Å². The second-order valence-electron chi connectivity index (χ2n) is 6.21. The SMILES string of the molecule is Br.O[C@@]1(C#Cc2ccccc2)CCCC[C@@H]1NCc1ccccc1. The molecular formula is C21H24BrNO. The molecular weight excluding hydrogens is 362 g/mol. The van der Waals surface area contributed by atoms with Gasteiger partial charge in [0.05, 0.1) is 0 Å². The molecule has 1 fully saturated rings. The van der Waals surface area contributed by atoms with Crippen LogP contribution in [0.5, 0.6) is 0 Å². The van der Waals surface area contributed by atoms with Gasteiger partial charge in [0.1, 0.15) is 5.60 Å². The summed E-state index contributed by atoms with van der Waals surface area (Å²) in [5.41, 5.74) is 1.24. The molecule has 0 radical (unpaired) electrons. The molecule has 0 unspecified atom stereocenters. The van der Waals surface area contributed by atoms with Crippen LogP contribution in [0.2, 0.25) is 0 Å². The third kappa shape index (κ3) is 4.95. The number of nitrogens with one attached hydrogen (secondary N) is 1. The molecule has 1 saturated carbocycles. The van der Waals surface area contributed by atoms with Gasteiger partial charge in [-0.05, 0) is 37.0 Å². The molecule has 126 valence electrons. The van der Waals surface area contributed by atoms with E-state index in [1.807, 2.05) is 48.5 Å². The fraction of sp³-hybridized carbons (Fsp3) is 0.333. The first-order valence-electron chi connectivity index (χ1n) is 8.34. The Morgan fingerprint density at radius 3 is 2.38 bits per heavy atom. The fourth-order valence-corrected chi connectivity index (χ4v) is 3.12. The summed E-state index contributed by atoms with van der Waals surface area (Å²) in [4.78, 5) is 0. The van der Waals surface area contributed by atoms with Gasteiger partial charge in [0.15, 0.2) is 0 Å². The van der Waals surface area contributed by atoms with Crippen LogP contribution in [0.25, 0.3) is 0 Å². The fourth-order valence-electron chi connectivity index (χ4n) is 3.12. The summed E-state index contributed by atoms with van der Waals surface area (Å²) in [6.07, 6.45) is 3.87. The number of hydrogen-bond donors (Lipinski definition) is 2. The van der Waals surface area contributed by atoms with Gasteiger partial charge < -0.3 is 10.4 Å². The van der Waals surface area contributed by atoms with Crippen molar-refractivity contribution >= 4 is 17.0 Å². The van der Waals surface area contributed by atoms with Crippen molar-refractivity contribution in [2.75, 3.05) is 0 Å². The van der Waals surface area contributed by atoms with Crippen molar-refractivity contribution in [1.82, 2.24) is 5.32 Å². The van der Waals surface area contributed by atoms with Crippen LogP contribution < -0.4 is 5.32 Å². The third-order valence-electron chi connectivity index (χ3n) is 4.47. The van der Waals surface area contributed by atoms with Gasteiger partial charge in [0.25, 0.3) is 0 Å². The summed E-state index contributed by atoms with van der Waals surface area (Å²) in [6, 6.07) is 20.2. The topological polar surface area (TPSA) is 32.3 Å². The van der Waals surface area contributed by atoms with Gasteiger partial charge in [-0.15, -0.1) is 17.0 Å². The standard InChI is InChI=1S/C21H23NO.BrH/c23-21(16-14-18-9-3-1-4-10-18)15-8-7-13-20(21)22-17-19-11-5-2-6-12-19;/h1-6,9-12,20,22-23H,7-8,13,15,17H2;1H/t20-,21+;/m0./s1. The van der Waals surface area contributed by atoms with Crippen molar-refractivity contribution < 1.29 is 5.11 Å². The minimum Gasteiger partial charge on any atom is -0.376 e. The van der Waals surface area contributed by atoms with Gasteiger partial charge in [-0.1, -0.05) is 66.8 Å². The Hall–Kier alpha value is -1.60. The Labute approximate surface area is 155 Å². The van der Waals surface area contributed by atoms with Crippen LogP contribution in [0.3, 0.4) is 0 Å². The summed E-state index contributed by atoms with van der Waals surface area (Å²) in [7, 11) is 0. The average Bonchev–Trinajstić information content (AvgIpc) is 2.61. The van der Waals surface area contributed by atoms with Crippen LogP contribution in [0.15, 0.2) is 60.7 Å². The molecule has 0 spiro atoms. The molecule has 3 heteroatoms. The first-order valence-corrected chi connectivity index (χ1v) is 8.34. The van der Waals surface area contributed by atoms with Gasteiger partial charge in [-0.2, -0.15) is 0 Å². The summed E-state index contributed by atoms with van der Waals surface area (Å²) in [5.74, 6) is 6.29. The van der Waals surface area contributed by atoms with E-state index in [2.05, 4.69) is 29.3 Å². The van der Waals surface area contributed by atoms with Crippen LogP contribution in [-0.2, 0) is 6.54 Å². The van der Waals surface area contributed by atoms with Crippen molar-refractivity contribution in [3.63, 3.8) is 0 Å². The lowest BCUT2D eigenvalue weighted by Gasteiger charge is -2.36. The molecule has 2 nitrogen and oxygen atoms in total. The largest absolute Gasteiger partial charge is 0.376 e. The van der Waals surface area contributed by atoms with E-state index in [9.17, 15) is 5.11 Å². The number of hydrogen-bond acceptors (Lipinski definition) is 2. The van der Waals surface area contributed by atoms with Gasteiger partial charge in [-0.3, -0.25) is 0 Å². The molecule has 0 aliphatic heterocycles. The Balaban J connectivity index is 0.00000208. The predicted molar refractivity (Wildman–Crippen MR) is 104 cm³/mol. The van der Waals surface area contributed by atoms with Crippen LogP contribution in [0.4, 0.5) is 0 Å². The minimum atomic E-state index is -0.942. The normalized spacial score (nSPS) is 22.8. The molecule has 1 aliphatic rings. The van der Waals surface area contributed by atoms with Crippen molar-refractivity contribution in [1.29, 1.82) is 0 Å². The first-order chi connectivity index (χ1) is 11.3. The average molecular weight is 386 g/mol. The number of halogens is 1. The molecule has 0 heterocycles. The summed E-state index contributed by atoms with van der Waals surface area (Å²) in [5, 5.41) is 14.5. The Bertz CT molecular complexity index is 677. The smallest absolute Gasteiger partial charge is 0.141 e. The van der Waals surface area contributed by atoms with Crippen molar-refractivity contribution in [3.05, 3.63) is 71.8 Å². The number of benzene rings is 2. The lowest BCUT2D eigenvalue weighted by molar-refractivity contribution is 0.0254. The Kier molecular flexibility index (Phi) is 7.05. The second-order valence-corrected chi connectivity index (χ2v) is 6.21. The van der Waals surface area contributed by atoms with E-state index in [-0.39, 0.29) is 23.0 Å². The Morgan fingerprint density at radius 2 is 1.67 bits per heavy atom. The summed E-state index contributed by atoms with van der Waals surface area (Å²) >= 11 is 0. The lowest BCUT2D eigenvalue weighted by Crippen LogP contribution is -2.51. The number of rotatable bonds is 3. The van der Waals surface area contributed by atoms with Gasteiger partial charge >= 0.3 is 0 Å². The van der Waals surface area contributed by atoms with Gasteiger partial charge in [-0.25, -0.2) is 0 Å². The minimum absolute atomic E-state index is 0. The molecule has 0 aromatic heterocycles. The molecule has 24 heavy (non-hydrogen) atoms. The lowest BCUT2D eigenvalue weighted by atomic mass is 9.80. The Morgan fingerprint density at radius 1 is 1.00 bits per heavy atom. The van der Waals surface area contributed by atoms with Crippen molar-refractivity contribution in [3.8, 4) is 11.8 Å². The van der Waals surface area contributed by atoms with Crippen molar-refractivity contribution in [2.24, 2.45) is 0 Å². The zero-order chi connectivity index (χ0) is 16.0. The molecule has 2 N–H and O–H groups in total. The molecule has 1 aliphatic carbocycles. The van der Waals surface area contributed by atoms with E-state index in [0.29, 0.717) is 0 Å². The molecule has 3 rings (SSSR count). The van der Waals surface area contributed by atoms with E-state index in [1.165, 1.54) is 5.56 Å². The second kappa shape index (κ2) is 9.03. The number of aliphatic hydroxyl groups is 1. The maximum Gasteiger partial charge on any atom is 0.141 e. The quantitative estimate of drug-likeness (QED) is 0.780. The third-order valence-corrected chi connectivity index (χ3v) is 4.47. The van der Waals surface area contributed by atoms with Crippen LogP contribution >= 0.6 is 17.0 Å². The summed E-state index contributed by atoms with van der Waals surface area (Å²) < 4.78 is 0. The monoisotopic (exact) mass is 385 g/mol. The molecule has 0 amide bonds. The summed E-state index contributed by atoms with van der Waals surface area (Å²) in [6.45, 7) is 0.765. The van der Waals surface area contributed by atoms with Crippen LogP contribution in [0, 0.1) is 11.8 Å².